The van der Waals surface area contributed by atoms with E-state index in [2.05, 4.69) is 51.2 Å². The molecule has 0 spiro atoms. The van der Waals surface area contributed by atoms with E-state index >= 15 is 0 Å². The van der Waals surface area contributed by atoms with Crippen molar-refractivity contribution in [3.63, 3.8) is 0 Å². The molecular weight excluding hydrogens is 182 g/mol. The van der Waals surface area contributed by atoms with Crippen molar-refractivity contribution in [2.75, 3.05) is 6.54 Å². The van der Waals surface area contributed by atoms with Crippen LogP contribution in [0.2, 0.25) is 0 Å². The lowest BCUT2D eigenvalue weighted by atomic mass is 10.1. The molecular formula is C14H23N. The van der Waals surface area contributed by atoms with Crippen molar-refractivity contribution >= 4 is 0 Å². The van der Waals surface area contributed by atoms with Crippen LogP contribution in [-0.4, -0.2) is 6.54 Å². The van der Waals surface area contributed by atoms with Gasteiger partial charge in [0.15, 0.2) is 0 Å². The van der Waals surface area contributed by atoms with Gasteiger partial charge in [0.25, 0.3) is 0 Å². The van der Waals surface area contributed by atoms with Crippen LogP contribution in [0.1, 0.15) is 37.0 Å². The second kappa shape index (κ2) is 5.92. The first-order valence-electron chi connectivity index (χ1n) is 5.86. The molecule has 0 unspecified atom stereocenters. The van der Waals surface area contributed by atoms with Crippen molar-refractivity contribution in [2.45, 2.75) is 40.7 Å². The fraction of sp³-hybridized carbons (Fsp3) is 0.571. The highest BCUT2D eigenvalue weighted by Crippen LogP contribution is 2.09. The van der Waals surface area contributed by atoms with Gasteiger partial charge in [-0.1, -0.05) is 32.0 Å². The molecule has 0 heterocycles. The van der Waals surface area contributed by atoms with E-state index in [1.165, 1.54) is 23.1 Å². The van der Waals surface area contributed by atoms with Crippen molar-refractivity contribution in [1.82, 2.24) is 5.32 Å². The number of hydrogen-bond donors (Lipinski definition) is 1. The van der Waals surface area contributed by atoms with Crippen molar-refractivity contribution in [2.24, 2.45) is 5.92 Å². The molecule has 0 aliphatic carbocycles. The Kier molecular flexibility index (Phi) is 4.83. The van der Waals surface area contributed by atoms with E-state index in [-0.39, 0.29) is 0 Å². The molecule has 0 aromatic heterocycles. The summed E-state index contributed by atoms with van der Waals surface area (Å²) in [5.74, 6) is 0.789. The normalized spacial score (nSPS) is 11.0. The minimum absolute atomic E-state index is 0.789. The summed E-state index contributed by atoms with van der Waals surface area (Å²) in [6, 6.07) is 6.69. The van der Waals surface area contributed by atoms with Gasteiger partial charge in [-0.05, 0) is 49.4 Å². The summed E-state index contributed by atoms with van der Waals surface area (Å²) in [5, 5.41) is 3.48. The maximum Gasteiger partial charge on any atom is 0.0205 e. The molecule has 1 rings (SSSR count). The summed E-state index contributed by atoms with van der Waals surface area (Å²) >= 11 is 0. The quantitative estimate of drug-likeness (QED) is 0.726. The van der Waals surface area contributed by atoms with Gasteiger partial charge in [-0.15, -0.1) is 0 Å². The molecule has 0 bridgehead atoms. The standard InChI is InChI=1S/C14H23N/c1-11(2)7-8-15-10-14-6-5-12(3)13(4)9-14/h5-6,9,11,15H,7-8,10H2,1-4H3. The van der Waals surface area contributed by atoms with Crippen molar-refractivity contribution in [3.05, 3.63) is 34.9 Å². The lowest BCUT2D eigenvalue weighted by Crippen LogP contribution is -2.16. The van der Waals surface area contributed by atoms with Gasteiger partial charge in [0.05, 0.1) is 0 Å². The highest BCUT2D eigenvalue weighted by atomic mass is 14.8. The summed E-state index contributed by atoms with van der Waals surface area (Å²) in [5.41, 5.74) is 4.15. The third-order valence-corrected chi connectivity index (χ3v) is 2.80. The first-order valence-corrected chi connectivity index (χ1v) is 5.86. The summed E-state index contributed by atoms with van der Waals surface area (Å²) in [6.07, 6.45) is 1.25. The van der Waals surface area contributed by atoms with Crippen LogP contribution in [0.5, 0.6) is 0 Å². The maximum absolute atomic E-state index is 3.48. The van der Waals surface area contributed by atoms with Gasteiger partial charge in [0.1, 0.15) is 0 Å². The highest BCUT2D eigenvalue weighted by molar-refractivity contribution is 5.29. The molecule has 0 fully saturated rings. The Balaban J connectivity index is 2.35. The average Bonchev–Trinajstić information content (AvgIpc) is 2.18. The van der Waals surface area contributed by atoms with Crippen LogP contribution in [0, 0.1) is 19.8 Å². The molecule has 0 amide bonds. The van der Waals surface area contributed by atoms with Crippen LogP contribution in [0.25, 0.3) is 0 Å². The van der Waals surface area contributed by atoms with E-state index in [1.807, 2.05) is 0 Å². The van der Waals surface area contributed by atoms with Crippen LogP contribution in [0.15, 0.2) is 18.2 Å². The third-order valence-electron chi connectivity index (χ3n) is 2.80. The van der Waals surface area contributed by atoms with E-state index in [9.17, 15) is 0 Å². The van der Waals surface area contributed by atoms with Crippen LogP contribution in [0.3, 0.4) is 0 Å². The van der Waals surface area contributed by atoms with Gasteiger partial charge in [-0.25, -0.2) is 0 Å². The first kappa shape index (κ1) is 12.3. The Bertz CT molecular complexity index is 302. The Morgan fingerprint density at radius 3 is 2.47 bits per heavy atom. The summed E-state index contributed by atoms with van der Waals surface area (Å²) < 4.78 is 0. The molecule has 15 heavy (non-hydrogen) atoms. The number of aryl methyl sites for hydroxylation is 2. The largest absolute Gasteiger partial charge is 0.313 e. The zero-order chi connectivity index (χ0) is 11.3. The molecule has 0 radical (unpaired) electrons. The molecule has 0 aliphatic rings. The minimum Gasteiger partial charge on any atom is -0.313 e. The van der Waals surface area contributed by atoms with Crippen molar-refractivity contribution < 1.29 is 0 Å². The number of benzene rings is 1. The summed E-state index contributed by atoms with van der Waals surface area (Å²) in [4.78, 5) is 0. The lowest BCUT2D eigenvalue weighted by molar-refractivity contribution is 0.537. The molecule has 0 atom stereocenters. The second-order valence-corrected chi connectivity index (χ2v) is 4.78. The van der Waals surface area contributed by atoms with E-state index in [4.69, 9.17) is 0 Å². The van der Waals surface area contributed by atoms with Crippen LogP contribution < -0.4 is 5.32 Å². The zero-order valence-electron chi connectivity index (χ0n) is 10.4. The SMILES string of the molecule is Cc1ccc(CNCCC(C)C)cc1C. The zero-order valence-corrected chi connectivity index (χ0v) is 10.4. The summed E-state index contributed by atoms with van der Waals surface area (Å²) in [7, 11) is 0. The van der Waals surface area contributed by atoms with E-state index in [0.29, 0.717) is 0 Å². The fourth-order valence-corrected chi connectivity index (χ4v) is 1.54. The maximum atomic E-state index is 3.48. The van der Waals surface area contributed by atoms with Gasteiger partial charge < -0.3 is 5.32 Å². The van der Waals surface area contributed by atoms with Gasteiger partial charge in [0, 0.05) is 6.54 Å². The Morgan fingerprint density at radius 1 is 1.13 bits per heavy atom. The molecule has 1 aromatic rings. The fourth-order valence-electron chi connectivity index (χ4n) is 1.54. The Labute approximate surface area is 93.9 Å². The molecule has 1 nitrogen and oxygen atoms in total. The number of nitrogens with one attached hydrogen (secondary N) is 1. The molecule has 1 N–H and O–H groups in total. The van der Waals surface area contributed by atoms with Gasteiger partial charge in [-0.2, -0.15) is 0 Å². The molecule has 0 aliphatic heterocycles. The van der Waals surface area contributed by atoms with Crippen LogP contribution >= 0.6 is 0 Å². The second-order valence-electron chi connectivity index (χ2n) is 4.78. The topological polar surface area (TPSA) is 12.0 Å². The van der Waals surface area contributed by atoms with Gasteiger partial charge >= 0.3 is 0 Å². The van der Waals surface area contributed by atoms with Crippen molar-refractivity contribution in [1.29, 1.82) is 0 Å². The molecule has 0 saturated carbocycles. The molecule has 1 aromatic carbocycles. The molecule has 1 heteroatoms. The Morgan fingerprint density at radius 2 is 1.87 bits per heavy atom. The lowest BCUT2D eigenvalue weighted by Gasteiger charge is -2.08. The predicted octanol–water partition coefficient (Wildman–Crippen LogP) is 3.44. The molecule has 84 valence electrons. The third kappa shape index (κ3) is 4.48. The van der Waals surface area contributed by atoms with Crippen LogP contribution in [0.4, 0.5) is 0 Å². The van der Waals surface area contributed by atoms with Crippen molar-refractivity contribution in [3.8, 4) is 0 Å². The minimum atomic E-state index is 0.789. The highest BCUT2D eigenvalue weighted by Gasteiger charge is 1.97. The predicted molar refractivity (Wildman–Crippen MR) is 67.1 cm³/mol. The smallest absolute Gasteiger partial charge is 0.0205 e. The van der Waals surface area contributed by atoms with E-state index in [1.54, 1.807) is 0 Å². The summed E-state index contributed by atoms with van der Waals surface area (Å²) in [6.45, 7) is 11.0. The van der Waals surface area contributed by atoms with Crippen LogP contribution in [-0.2, 0) is 6.54 Å². The van der Waals surface area contributed by atoms with E-state index < -0.39 is 0 Å². The van der Waals surface area contributed by atoms with Gasteiger partial charge in [0.2, 0.25) is 0 Å². The average molecular weight is 205 g/mol. The molecule has 0 saturated heterocycles. The Hall–Kier alpha value is -0.820. The van der Waals surface area contributed by atoms with Gasteiger partial charge in [-0.3, -0.25) is 0 Å². The first-order chi connectivity index (χ1) is 7.09. The van der Waals surface area contributed by atoms with E-state index in [0.717, 1.165) is 19.0 Å². The number of hydrogen-bond acceptors (Lipinski definition) is 1. The number of rotatable bonds is 5. The monoisotopic (exact) mass is 205 g/mol.